The quantitative estimate of drug-likeness (QED) is 0.702. The molecule has 0 unspecified atom stereocenters. The van der Waals surface area contributed by atoms with Crippen molar-refractivity contribution in [2.24, 2.45) is 0 Å². The van der Waals surface area contributed by atoms with Crippen LogP contribution in [0, 0.1) is 0 Å². The number of hydrogen-bond acceptors (Lipinski definition) is 8. The molecular formula is C19H18O8. The van der Waals surface area contributed by atoms with Gasteiger partial charge in [0.1, 0.15) is 11.0 Å². The first-order valence-corrected chi connectivity index (χ1v) is 7.82. The number of aromatic hydroxyl groups is 2. The SMILES string of the molecule is COc1ccc(-c2oc3cc(OC)c(OC)c(O)c3c(=O)c2OC)cc1O. The zero-order valence-electron chi connectivity index (χ0n) is 15.2. The molecule has 0 bridgehead atoms. The maximum Gasteiger partial charge on any atom is 0.239 e. The Morgan fingerprint density at radius 1 is 0.852 bits per heavy atom. The zero-order valence-corrected chi connectivity index (χ0v) is 15.2. The molecule has 27 heavy (non-hydrogen) atoms. The summed E-state index contributed by atoms with van der Waals surface area (Å²) in [4.78, 5) is 12.9. The van der Waals surface area contributed by atoms with Crippen molar-refractivity contribution in [3.8, 4) is 45.8 Å². The molecule has 0 spiro atoms. The second-order valence-electron chi connectivity index (χ2n) is 5.51. The first-order valence-electron chi connectivity index (χ1n) is 7.82. The van der Waals surface area contributed by atoms with E-state index in [0.29, 0.717) is 5.56 Å². The Kier molecular flexibility index (Phi) is 4.72. The second kappa shape index (κ2) is 6.99. The van der Waals surface area contributed by atoms with Crippen molar-refractivity contribution < 1.29 is 33.6 Å². The minimum atomic E-state index is -0.595. The zero-order chi connectivity index (χ0) is 19.7. The van der Waals surface area contributed by atoms with Gasteiger partial charge in [0.15, 0.2) is 28.8 Å². The van der Waals surface area contributed by atoms with E-state index < -0.39 is 11.2 Å². The lowest BCUT2D eigenvalue weighted by molar-refractivity contribution is 0.334. The molecule has 0 atom stereocenters. The third-order valence-electron chi connectivity index (χ3n) is 4.11. The molecule has 0 aliphatic carbocycles. The van der Waals surface area contributed by atoms with E-state index in [1.807, 2.05) is 0 Å². The van der Waals surface area contributed by atoms with Crippen molar-refractivity contribution in [2.75, 3.05) is 28.4 Å². The van der Waals surface area contributed by atoms with Gasteiger partial charge in [-0.3, -0.25) is 4.79 Å². The molecule has 2 N–H and O–H groups in total. The highest BCUT2D eigenvalue weighted by molar-refractivity contribution is 5.91. The fraction of sp³-hybridized carbons (Fsp3) is 0.211. The molecule has 3 aromatic rings. The number of ether oxygens (including phenoxy) is 4. The van der Waals surface area contributed by atoms with Crippen LogP contribution in [0.3, 0.4) is 0 Å². The smallest absolute Gasteiger partial charge is 0.239 e. The van der Waals surface area contributed by atoms with Gasteiger partial charge in [0, 0.05) is 11.6 Å². The molecule has 142 valence electrons. The van der Waals surface area contributed by atoms with Crippen molar-refractivity contribution in [3.63, 3.8) is 0 Å². The highest BCUT2D eigenvalue weighted by Crippen LogP contribution is 2.44. The van der Waals surface area contributed by atoms with E-state index in [1.54, 1.807) is 6.07 Å². The Bertz CT molecular complexity index is 1070. The van der Waals surface area contributed by atoms with Crippen LogP contribution in [0.2, 0.25) is 0 Å². The van der Waals surface area contributed by atoms with Crippen LogP contribution in [0.4, 0.5) is 0 Å². The maximum atomic E-state index is 12.9. The topological polar surface area (TPSA) is 108 Å². The van der Waals surface area contributed by atoms with E-state index in [-0.39, 0.29) is 45.5 Å². The van der Waals surface area contributed by atoms with E-state index in [4.69, 9.17) is 23.4 Å². The van der Waals surface area contributed by atoms with Gasteiger partial charge < -0.3 is 33.6 Å². The van der Waals surface area contributed by atoms with E-state index in [0.717, 1.165) is 0 Å². The molecule has 0 aliphatic heterocycles. The van der Waals surface area contributed by atoms with Crippen molar-refractivity contribution in [1.29, 1.82) is 0 Å². The Hall–Kier alpha value is -3.55. The summed E-state index contributed by atoms with van der Waals surface area (Å²) in [5.41, 5.74) is -0.137. The Morgan fingerprint density at radius 2 is 1.52 bits per heavy atom. The Balaban J connectivity index is 2.38. The lowest BCUT2D eigenvalue weighted by Gasteiger charge is -2.14. The molecule has 8 nitrogen and oxygen atoms in total. The predicted octanol–water partition coefficient (Wildman–Crippen LogP) is 2.91. The normalized spacial score (nSPS) is 10.7. The number of methoxy groups -OCH3 is 4. The highest BCUT2D eigenvalue weighted by atomic mass is 16.5. The van der Waals surface area contributed by atoms with E-state index in [1.165, 1.54) is 46.6 Å². The second-order valence-corrected chi connectivity index (χ2v) is 5.51. The molecular weight excluding hydrogens is 356 g/mol. The fourth-order valence-electron chi connectivity index (χ4n) is 2.83. The minimum absolute atomic E-state index is 0.00851. The van der Waals surface area contributed by atoms with Gasteiger partial charge in [0.25, 0.3) is 0 Å². The van der Waals surface area contributed by atoms with Gasteiger partial charge in [-0.1, -0.05) is 0 Å². The number of rotatable bonds is 5. The van der Waals surface area contributed by atoms with Crippen molar-refractivity contribution in [1.82, 2.24) is 0 Å². The van der Waals surface area contributed by atoms with Gasteiger partial charge in [-0.2, -0.15) is 0 Å². The first-order chi connectivity index (χ1) is 13.0. The summed E-state index contributed by atoms with van der Waals surface area (Å²) in [6.07, 6.45) is 0. The summed E-state index contributed by atoms with van der Waals surface area (Å²) < 4.78 is 26.4. The van der Waals surface area contributed by atoms with Gasteiger partial charge in [0.2, 0.25) is 16.9 Å². The Morgan fingerprint density at radius 3 is 2.07 bits per heavy atom. The summed E-state index contributed by atoms with van der Waals surface area (Å²) in [6.45, 7) is 0. The summed E-state index contributed by atoms with van der Waals surface area (Å²) in [5.74, 6) is -0.120. The summed E-state index contributed by atoms with van der Waals surface area (Å²) in [7, 11) is 5.47. The number of hydrogen-bond donors (Lipinski definition) is 2. The lowest BCUT2D eigenvalue weighted by Crippen LogP contribution is -2.08. The van der Waals surface area contributed by atoms with Gasteiger partial charge >= 0.3 is 0 Å². The van der Waals surface area contributed by atoms with E-state index >= 15 is 0 Å². The summed E-state index contributed by atoms with van der Waals surface area (Å²) in [5, 5.41) is 20.4. The Labute approximate surface area is 154 Å². The van der Waals surface area contributed by atoms with Crippen LogP contribution >= 0.6 is 0 Å². The van der Waals surface area contributed by atoms with Gasteiger partial charge in [0.05, 0.1) is 28.4 Å². The monoisotopic (exact) mass is 374 g/mol. The van der Waals surface area contributed by atoms with Crippen LogP contribution in [-0.2, 0) is 0 Å². The molecule has 3 rings (SSSR count). The number of fused-ring (bicyclic) bond motifs is 1. The maximum absolute atomic E-state index is 12.9. The van der Waals surface area contributed by atoms with Crippen LogP contribution in [0.5, 0.6) is 34.5 Å². The molecule has 0 amide bonds. The number of phenols is 2. The summed E-state index contributed by atoms with van der Waals surface area (Å²) in [6, 6.07) is 5.94. The van der Waals surface area contributed by atoms with Crippen molar-refractivity contribution in [3.05, 3.63) is 34.5 Å². The number of benzene rings is 2. The highest BCUT2D eigenvalue weighted by Gasteiger charge is 2.24. The third-order valence-corrected chi connectivity index (χ3v) is 4.11. The van der Waals surface area contributed by atoms with E-state index in [9.17, 15) is 15.0 Å². The third kappa shape index (κ3) is 2.84. The molecule has 0 aliphatic rings. The molecule has 2 aromatic carbocycles. The first kappa shape index (κ1) is 18.2. The van der Waals surface area contributed by atoms with Crippen molar-refractivity contribution in [2.45, 2.75) is 0 Å². The lowest BCUT2D eigenvalue weighted by atomic mass is 10.1. The largest absolute Gasteiger partial charge is 0.504 e. The van der Waals surface area contributed by atoms with Crippen molar-refractivity contribution >= 4 is 11.0 Å². The van der Waals surface area contributed by atoms with Crippen LogP contribution in [-0.4, -0.2) is 38.7 Å². The van der Waals surface area contributed by atoms with Gasteiger partial charge in [-0.25, -0.2) is 0 Å². The molecule has 1 heterocycles. The van der Waals surface area contributed by atoms with E-state index in [2.05, 4.69) is 0 Å². The van der Waals surface area contributed by atoms with Gasteiger partial charge in [-0.05, 0) is 18.2 Å². The van der Waals surface area contributed by atoms with Crippen LogP contribution in [0.15, 0.2) is 33.5 Å². The van der Waals surface area contributed by atoms with Gasteiger partial charge in [-0.15, -0.1) is 0 Å². The summed E-state index contributed by atoms with van der Waals surface area (Å²) >= 11 is 0. The number of phenolic OH excluding ortho intramolecular Hbond substituents is 2. The predicted molar refractivity (Wildman–Crippen MR) is 97.5 cm³/mol. The van der Waals surface area contributed by atoms with Crippen LogP contribution < -0.4 is 24.4 Å². The minimum Gasteiger partial charge on any atom is -0.504 e. The van der Waals surface area contributed by atoms with Crippen LogP contribution in [0.25, 0.3) is 22.3 Å². The molecule has 0 saturated heterocycles. The van der Waals surface area contributed by atoms with Crippen LogP contribution in [0.1, 0.15) is 0 Å². The fourth-order valence-corrected chi connectivity index (χ4v) is 2.83. The average molecular weight is 374 g/mol. The average Bonchev–Trinajstić information content (AvgIpc) is 2.67. The standard InChI is InChI=1S/C19H18O8/c1-23-11-6-5-9(7-10(11)20)17-19(26-4)16(22)14-12(27-17)8-13(24-2)18(25-3)15(14)21/h5-8,20-21H,1-4H3. The molecule has 8 heteroatoms. The molecule has 1 aromatic heterocycles. The molecule has 0 fully saturated rings. The molecule has 0 radical (unpaired) electrons. The molecule has 0 saturated carbocycles.